The molecule has 0 saturated carbocycles. The molecule has 4 rings (SSSR count). The number of hydrogen-bond donors (Lipinski definition) is 0. The van der Waals surface area contributed by atoms with Crippen molar-refractivity contribution in [1.82, 2.24) is 0 Å². The number of halogens is 1. The minimum absolute atomic E-state index is 0. The van der Waals surface area contributed by atoms with Gasteiger partial charge in [0, 0.05) is 0 Å². The van der Waals surface area contributed by atoms with Crippen molar-refractivity contribution in [3.8, 4) is 0 Å². The van der Waals surface area contributed by atoms with Gasteiger partial charge in [0.1, 0.15) is 0 Å². The Labute approximate surface area is 221 Å². The van der Waals surface area contributed by atoms with Gasteiger partial charge in [-0.1, -0.05) is 134 Å². The van der Waals surface area contributed by atoms with E-state index in [1.165, 1.54) is 46.4 Å². The van der Waals surface area contributed by atoms with Gasteiger partial charge in [-0.25, -0.2) is 0 Å². The summed E-state index contributed by atoms with van der Waals surface area (Å²) < 4.78 is 0. The number of rotatable bonds is 10. The topological polar surface area (TPSA) is 0 Å². The largest absolute Gasteiger partial charge is 2.00 e. The quantitative estimate of drug-likeness (QED) is 0.117. The molecule has 33 heavy (non-hydrogen) atoms. The van der Waals surface area contributed by atoms with Crippen LogP contribution < -0.4 is 33.6 Å². The molecular formula is C29H29ClP2Pd. The van der Waals surface area contributed by atoms with Gasteiger partial charge in [0.25, 0.3) is 0 Å². The maximum absolute atomic E-state index is 2.53. The maximum Gasteiger partial charge on any atom is 2.00 e. The van der Waals surface area contributed by atoms with Gasteiger partial charge in [-0.15, -0.1) is 0 Å². The zero-order valence-corrected chi connectivity index (χ0v) is 22.6. The smallest absolute Gasteiger partial charge is 1.00 e. The summed E-state index contributed by atoms with van der Waals surface area (Å²) in [4.78, 5) is 0. The molecule has 0 unspecified atom stereocenters. The molecule has 0 spiro atoms. The number of unbranched alkanes of at least 4 members (excludes halogenated alkanes) is 2. The standard InChI is InChI=1S/C29H29P2.ClH.Pd/c1-6-16-26(17-7-1)30(27-18-8-2-9-19-27)24-14-5-15-25-31(28-20-10-3-11-21-28)29-22-12-4-13-23-29;;/h1-13,16-23H,14-15,24-25H2;1H;/q-1;;+2/p-1. The van der Waals surface area contributed by atoms with E-state index in [1.54, 1.807) is 0 Å². The summed E-state index contributed by atoms with van der Waals surface area (Å²) in [5.41, 5.74) is 0. The van der Waals surface area contributed by atoms with Crippen LogP contribution in [0, 0.1) is 6.42 Å². The second kappa shape index (κ2) is 15.6. The third-order valence-electron chi connectivity index (χ3n) is 5.39. The first kappa shape index (κ1) is 27.9. The first-order valence-corrected chi connectivity index (χ1v) is 14.0. The van der Waals surface area contributed by atoms with Crippen LogP contribution in [0.15, 0.2) is 121 Å². The maximum atomic E-state index is 2.53. The van der Waals surface area contributed by atoms with Gasteiger partial charge >= 0.3 is 20.4 Å². The average molecular weight is 581 g/mol. The molecule has 0 fully saturated rings. The molecule has 0 amide bonds. The summed E-state index contributed by atoms with van der Waals surface area (Å²) in [6.45, 7) is 0. The molecule has 0 atom stereocenters. The van der Waals surface area contributed by atoms with Gasteiger partial charge in [-0.2, -0.15) is 12.8 Å². The zero-order valence-electron chi connectivity index (χ0n) is 18.5. The van der Waals surface area contributed by atoms with Gasteiger partial charge < -0.3 is 18.8 Å². The van der Waals surface area contributed by atoms with Gasteiger partial charge in [-0.05, 0) is 37.1 Å². The fourth-order valence-electron chi connectivity index (χ4n) is 3.83. The predicted octanol–water partition coefficient (Wildman–Crippen LogP) is 3.24. The van der Waals surface area contributed by atoms with Gasteiger partial charge in [-0.3, -0.25) is 0 Å². The number of benzene rings is 4. The Morgan fingerprint density at radius 2 is 0.667 bits per heavy atom. The minimum Gasteiger partial charge on any atom is -1.00 e. The van der Waals surface area contributed by atoms with Crippen LogP contribution in [0.25, 0.3) is 0 Å². The molecule has 0 N–H and O–H groups in total. The summed E-state index contributed by atoms with van der Waals surface area (Å²) in [7, 11) is -0.593. The van der Waals surface area contributed by atoms with E-state index < -0.39 is 0 Å². The third kappa shape index (κ3) is 8.45. The minimum atomic E-state index is -0.296. The molecule has 0 aromatic heterocycles. The fraction of sp³-hybridized carbons (Fsp3) is 0.138. The summed E-state index contributed by atoms with van der Waals surface area (Å²) >= 11 is 0. The molecular weight excluding hydrogens is 552 g/mol. The van der Waals surface area contributed by atoms with Crippen LogP contribution in [-0.2, 0) is 20.4 Å². The molecule has 0 bridgehead atoms. The summed E-state index contributed by atoms with van der Waals surface area (Å²) in [5, 5.41) is 5.92. The van der Waals surface area contributed by atoms with E-state index in [0.29, 0.717) is 0 Å². The van der Waals surface area contributed by atoms with Crippen molar-refractivity contribution < 1.29 is 32.8 Å². The van der Waals surface area contributed by atoms with Crippen LogP contribution in [-0.4, -0.2) is 12.3 Å². The Bertz CT molecular complexity index is 850. The van der Waals surface area contributed by atoms with Crippen molar-refractivity contribution in [2.24, 2.45) is 0 Å². The van der Waals surface area contributed by atoms with Crippen molar-refractivity contribution in [3.05, 3.63) is 128 Å². The van der Waals surface area contributed by atoms with Crippen LogP contribution in [0.1, 0.15) is 12.8 Å². The fourth-order valence-corrected chi connectivity index (χ4v) is 8.47. The van der Waals surface area contributed by atoms with Crippen LogP contribution >= 0.6 is 15.8 Å². The molecule has 0 aliphatic heterocycles. The summed E-state index contributed by atoms with van der Waals surface area (Å²) in [5.74, 6) is 0. The molecule has 4 aromatic carbocycles. The Hall–Kier alpha value is -1.31. The molecule has 0 saturated heterocycles. The van der Waals surface area contributed by atoms with E-state index in [1.807, 2.05) is 0 Å². The normalized spacial score (nSPS) is 10.5. The Morgan fingerprint density at radius 3 is 0.909 bits per heavy atom. The Balaban J connectivity index is 0.00000193. The molecule has 0 aliphatic carbocycles. The summed E-state index contributed by atoms with van der Waals surface area (Å²) in [6, 6.07) is 44.2. The van der Waals surface area contributed by atoms with Crippen LogP contribution in [0.5, 0.6) is 0 Å². The van der Waals surface area contributed by atoms with Gasteiger partial charge in [0.05, 0.1) is 0 Å². The van der Waals surface area contributed by atoms with E-state index in [9.17, 15) is 0 Å². The van der Waals surface area contributed by atoms with E-state index in [-0.39, 0.29) is 48.7 Å². The molecule has 4 aromatic rings. The molecule has 172 valence electrons. The van der Waals surface area contributed by atoms with Crippen molar-refractivity contribution in [1.29, 1.82) is 0 Å². The van der Waals surface area contributed by atoms with Crippen molar-refractivity contribution in [2.75, 3.05) is 12.3 Å². The van der Waals surface area contributed by atoms with E-state index >= 15 is 0 Å². The molecule has 0 aliphatic rings. The first-order chi connectivity index (χ1) is 15.4. The van der Waals surface area contributed by atoms with Gasteiger partial charge in [0.2, 0.25) is 0 Å². The second-order valence-corrected chi connectivity index (χ2v) is 12.2. The second-order valence-electron chi connectivity index (χ2n) is 7.51. The van der Waals surface area contributed by atoms with Crippen molar-refractivity contribution in [2.45, 2.75) is 12.8 Å². The number of hydrogen-bond acceptors (Lipinski definition) is 0. The Morgan fingerprint density at radius 1 is 0.424 bits per heavy atom. The molecule has 4 heteroatoms. The third-order valence-corrected chi connectivity index (χ3v) is 10.5. The van der Waals surface area contributed by atoms with Crippen LogP contribution in [0.3, 0.4) is 0 Å². The average Bonchev–Trinajstić information content (AvgIpc) is 2.86. The van der Waals surface area contributed by atoms with E-state index in [4.69, 9.17) is 0 Å². The van der Waals surface area contributed by atoms with Crippen molar-refractivity contribution >= 4 is 37.1 Å². The Kier molecular flexibility index (Phi) is 13.2. The summed E-state index contributed by atoms with van der Waals surface area (Å²) in [6.07, 6.45) is 7.31. The first-order valence-electron chi connectivity index (χ1n) is 11.0. The van der Waals surface area contributed by atoms with Gasteiger partial charge in [0.15, 0.2) is 0 Å². The molecule has 0 heterocycles. The van der Waals surface area contributed by atoms with Crippen LogP contribution in [0.4, 0.5) is 0 Å². The predicted molar refractivity (Wildman–Crippen MR) is 141 cm³/mol. The molecule has 0 radical (unpaired) electrons. The van der Waals surface area contributed by atoms with Crippen molar-refractivity contribution in [3.63, 3.8) is 0 Å². The SMILES string of the molecule is [Cl-].[Pd+2].c1ccc(P(CC[CH-]CCP(c2ccccc2)c2ccccc2)c2ccccc2)cc1. The van der Waals surface area contributed by atoms with Crippen LogP contribution in [0.2, 0.25) is 0 Å². The van der Waals surface area contributed by atoms with E-state index in [0.717, 1.165) is 0 Å². The van der Waals surface area contributed by atoms with E-state index in [2.05, 4.69) is 128 Å². The molecule has 0 nitrogen and oxygen atoms in total. The zero-order chi connectivity index (χ0) is 21.1. The monoisotopic (exact) mass is 580 g/mol.